The molecule has 3 aromatic heterocycles. The molecule has 1 aliphatic rings. The third-order valence-corrected chi connectivity index (χ3v) is 12.5. The number of aryl methyl sites for hydroxylation is 3. The van der Waals surface area contributed by atoms with E-state index >= 15 is 0 Å². The molecule has 0 saturated heterocycles. The minimum Gasteiger partial charge on any atom is -0.353 e. The minimum absolute atomic E-state index is 0. The van der Waals surface area contributed by atoms with Crippen molar-refractivity contribution in [2.75, 3.05) is 4.90 Å². The second-order valence-electron chi connectivity index (χ2n) is 15.0. The van der Waals surface area contributed by atoms with Crippen LogP contribution in [0.1, 0.15) is 16.7 Å². The maximum absolute atomic E-state index is 5.34. The number of hydrogen-bond acceptors (Lipinski definition) is 4. The van der Waals surface area contributed by atoms with E-state index in [1.54, 1.807) is 0 Å². The van der Waals surface area contributed by atoms with E-state index in [1.807, 2.05) is 35.7 Å². The van der Waals surface area contributed by atoms with Crippen molar-refractivity contribution in [3.63, 3.8) is 0 Å². The monoisotopic (exact) mass is 941 g/mol. The number of imidazole rings is 1. The van der Waals surface area contributed by atoms with Gasteiger partial charge in [0, 0.05) is 43.4 Å². The maximum Gasteiger partial charge on any atom is 2.00 e. The van der Waals surface area contributed by atoms with E-state index in [2.05, 4.69) is 176 Å². The van der Waals surface area contributed by atoms with Crippen LogP contribution in [0.2, 0.25) is 0 Å². The number of thiophene rings is 1. The van der Waals surface area contributed by atoms with Crippen molar-refractivity contribution < 1.29 is 21.1 Å². The van der Waals surface area contributed by atoms with Crippen molar-refractivity contribution in [2.24, 2.45) is 0 Å². The van der Waals surface area contributed by atoms with Gasteiger partial charge in [-0.25, -0.2) is 0 Å². The number of rotatable bonds is 5. The van der Waals surface area contributed by atoms with E-state index in [4.69, 9.17) is 9.97 Å². The Morgan fingerprint density at radius 2 is 1.40 bits per heavy atom. The normalized spacial score (nSPS) is 12.2. The zero-order chi connectivity index (χ0) is 38.2. The summed E-state index contributed by atoms with van der Waals surface area (Å²) in [5, 5.41) is 2.58. The predicted octanol–water partition coefficient (Wildman–Crippen LogP) is 10.9. The summed E-state index contributed by atoms with van der Waals surface area (Å²) in [4.78, 5) is 12.5. The molecule has 0 fully saturated rings. The molecular formula is C51H35BN4PtS. The molecule has 0 bridgehead atoms. The van der Waals surface area contributed by atoms with E-state index in [9.17, 15) is 0 Å². The topological polar surface area (TPSA) is 34.0 Å². The van der Waals surface area contributed by atoms with Gasteiger partial charge >= 0.3 is 21.1 Å². The Labute approximate surface area is 356 Å². The largest absolute Gasteiger partial charge is 2.00 e. The van der Waals surface area contributed by atoms with E-state index < -0.39 is 0 Å². The minimum atomic E-state index is -0.148. The van der Waals surface area contributed by atoms with E-state index in [0.29, 0.717) is 0 Å². The van der Waals surface area contributed by atoms with Crippen LogP contribution in [0.4, 0.5) is 17.1 Å². The summed E-state index contributed by atoms with van der Waals surface area (Å²) < 4.78 is 4.90. The molecule has 7 aromatic carbocycles. The van der Waals surface area contributed by atoms with Gasteiger partial charge in [0.15, 0.2) is 0 Å². The summed E-state index contributed by atoms with van der Waals surface area (Å²) >= 11 is 1.85. The van der Waals surface area contributed by atoms with Gasteiger partial charge in [-0.3, -0.25) is 4.98 Å². The fourth-order valence-corrected chi connectivity index (χ4v) is 10.1. The Kier molecular flexibility index (Phi) is 9.00. The number of pyridine rings is 1. The van der Waals surface area contributed by atoms with Crippen LogP contribution in [0.3, 0.4) is 0 Å². The number of anilines is 3. The van der Waals surface area contributed by atoms with Crippen LogP contribution in [0, 0.1) is 32.9 Å². The second kappa shape index (κ2) is 14.4. The number of nitrogens with zero attached hydrogens (tertiary/aromatic N) is 4. The number of benzene rings is 7. The molecular weight excluding hydrogens is 907 g/mol. The van der Waals surface area contributed by atoms with Crippen LogP contribution in [0.25, 0.3) is 59.5 Å². The summed E-state index contributed by atoms with van der Waals surface area (Å²) in [5.74, 6) is 0.871. The molecule has 0 radical (unpaired) electrons. The Bertz CT molecular complexity index is 3180. The molecule has 0 amide bonds. The average Bonchev–Trinajstić information content (AvgIpc) is 3.81. The predicted molar refractivity (Wildman–Crippen MR) is 240 cm³/mol. The number of fused-ring (bicyclic) bond motifs is 6. The number of para-hydroxylation sites is 3. The molecule has 0 atom stereocenters. The Morgan fingerprint density at radius 1 is 0.621 bits per heavy atom. The molecule has 0 aliphatic carbocycles. The first-order valence-electron chi connectivity index (χ1n) is 19.4. The number of aromatic nitrogens is 3. The molecule has 278 valence electrons. The molecule has 11 rings (SSSR count). The van der Waals surface area contributed by atoms with Gasteiger partial charge < -0.3 is 14.5 Å². The van der Waals surface area contributed by atoms with Gasteiger partial charge in [0.05, 0.1) is 16.9 Å². The molecule has 0 saturated carbocycles. The molecule has 7 heteroatoms. The van der Waals surface area contributed by atoms with Gasteiger partial charge in [-0.1, -0.05) is 84.4 Å². The van der Waals surface area contributed by atoms with Gasteiger partial charge in [0.25, 0.3) is 0 Å². The molecule has 0 spiro atoms. The maximum atomic E-state index is 5.34. The fourth-order valence-electron chi connectivity index (χ4n) is 9.01. The Balaban J connectivity index is 0.00000408. The molecule has 4 heterocycles. The SMILES string of the molecule is Cc1cc(C)c(-n2c(-c3[c-]c4c(cc3)N(c3ccc5c(c3)sc3ccccc35)c3ccccc3B4c3[c-]c(-c4ccccn4)ccc3)nc3ccccc32)c(C)c1.[Pt+2]. The van der Waals surface area contributed by atoms with Crippen molar-refractivity contribution >= 4 is 82.7 Å². The van der Waals surface area contributed by atoms with Crippen molar-refractivity contribution in [1.82, 2.24) is 14.5 Å². The van der Waals surface area contributed by atoms with Crippen LogP contribution < -0.4 is 21.3 Å². The van der Waals surface area contributed by atoms with Gasteiger partial charge in [-0.15, -0.1) is 70.4 Å². The van der Waals surface area contributed by atoms with E-state index in [1.165, 1.54) is 42.3 Å². The summed E-state index contributed by atoms with van der Waals surface area (Å²) in [5.41, 5.74) is 16.4. The summed E-state index contributed by atoms with van der Waals surface area (Å²) in [6.07, 6.45) is 1.84. The molecule has 10 aromatic rings. The summed E-state index contributed by atoms with van der Waals surface area (Å²) in [6, 6.07) is 62.2. The smallest absolute Gasteiger partial charge is 0.353 e. The Morgan fingerprint density at radius 3 is 2.26 bits per heavy atom. The molecule has 1 aliphatic heterocycles. The van der Waals surface area contributed by atoms with Gasteiger partial charge in [0.1, 0.15) is 0 Å². The van der Waals surface area contributed by atoms with E-state index in [-0.39, 0.29) is 27.8 Å². The van der Waals surface area contributed by atoms with Crippen molar-refractivity contribution in [2.45, 2.75) is 20.8 Å². The first-order chi connectivity index (χ1) is 28.0. The number of hydrogen-bond donors (Lipinski definition) is 0. The van der Waals surface area contributed by atoms with Crippen LogP contribution in [0.15, 0.2) is 158 Å². The molecule has 0 unspecified atom stereocenters. The Hall–Kier alpha value is -6.07. The van der Waals surface area contributed by atoms with Gasteiger partial charge in [-0.2, -0.15) is 5.46 Å². The van der Waals surface area contributed by atoms with Gasteiger partial charge in [-0.05, 0) is 91.2 Å². The molecule has 58 heavy (non-hydrogen) atoms. The van der Waals surface area contributed by atoms with Crippen molar-refractivity contribution in [1.29, 1.82) is 0 Å². The third kappa shape index (κ3) is 5.85. The quantitative estimate of drug-likeness (QED) is 0.127. The standard InChI is InChI=1S/C51H35BN4S.Pt/c1-32-27-33(2)50(34(3)28-32)56-47-20-8-6-18-44(47)54-51(56)36-22-25-46-42(30-36)52(37-14-12-13-35(29-37)43-17-10-11-26-53-43)41-16-5-7-19-45(41)55(46)38-23-24-40-39-15-4-9-21-48(39)57-49(40)31-38;/h4-28,31H,1-3H3;/q-2;+2. The summed E-state index contributed by atoms with van der Waals surface area (Å²) in [6.45, 7) is 6.42. The van der Waals surface area contributed by atoms with Crippen LogP contribution in [-0.4, -0.2) is 21.2 Å². The van der Waals surface area contributed by atoms with Crippen LogP contribution in [0.5, 0.6) is 0 Å². The second-order valence-corrected chi connectivity index (χ2v) is 16.1. The zero-order valence-corrected chi connectivity index (χ0v) is 35.2. The van der Waals surface area contributed by atoms with Crippen LogP contribution in [-0.2, 0) is 21.1 Å². The third-order valence-electron chi connectivity index (χ3n) is 11.3. The fraction of sp³-hybridized carbons (Fsp3) is 0.0588. The van der Waals surface area contributed by atoms with Gasteiger partial charge in [0.2, 0.25) is 6.71 Å². The average molecular weight is 942 g/mol. The first kappa shape index (κ1) is 36.3. The van der Waals surface area contributed by atoms with E-state index in [0.717, 1.165) is 67.4 Å². The van der Waals surface area contributed by atoms with Crippen molar-refractivity contribution in [3.8, 4) is 28.3 Å². The molecule has 0 N–H and O–H groups in total. The first-order valence-corrected chi connectivity index (χ1v) is 20.2. The summed E-state index contributed by atoms with van der Waals surface area (Å²) in [7, 11) is 0. The molecule has 4 nitrogen and oxygen atoms in total. The van der Waals surface area contributed by atoms with Crippen LogP contribution >= 0.6 is 11.3 Å². The zero-order valence-electron chi connectivity index (χ0n) is 32.1. The van der Waals surface area contributed by atoms with Crippen molar-refractivity contribution in [3.05, 3.63) is 187 Å².